The Bertz CT molecular complexity index is 162. The van der Waals surface area contributed by atoms with Gasteiger partial charge in [-0.15, -0.1) is 0 Å². The second-order valence-corrected chi connectivity index (χ2v) is 3.91. The van der Waals surface area contributed by atoms with Crippen molar-refractivity contribution in [2.45, 2.75) is 19.3 Å². The minimum atomic E-state index is 0.272. The molecule has 0 atom stereocenters. The summed E-state index contributed by atoms with van der Waals surface area (Å²) in [5.74, 6) is 0.686. The van der Waals surface area contributed by atoms with Crippen molar-refractivity contribution >= 4 is 5.78 Å². The van der Waals surface area contributed by atoms with E-state index in [2.05, 4.69) is 4.90 Å². The highest BCUT2D eigenvalue weighted by molar-refractivity contribution is 5.81. The monoisotopic (exact) mass is 185 g/mol. The van der Waals surface area contributed by atoms with Gasteiger partial charge in [-0.25, -0.2) is 0 Å². The molecule has 0 N–H and O–H groups in total. The Morgan fingerprint density at radius 3 is 2.54 bits per heavy atom. The Balaban J connectivity index is 2.21. The van der Waals surface area contributed by atoms with Gasteiger partial charge >= 0.3 is 0 Å². The largest absolute Gasteiger partial charge is 0.381 e. The van der Waals surface area contributed by atoms with Crippen LogP contribution in [0.2, 0.25) is 0 Å². The predicted octanol–water partition coefficient (Wildman–Crippen LogP) is 0.934. The maximum atomic E-state index is 11.6. The second-order valence-electron chi connectivity index (χ2n) is 3.91. The Kier molecular flexibility index (Phi) is 4.39. The maximum absolute atomic E-state index is 11.6. The van der Waals surface area contributed by atoms with Crippen LogP contribution in [0.3, 0.4) is 0 Å². The molecule has 0 radical (unpaired) electrons. The van der Waals surface area contributed by atoms with Crippen molar-refractivity contribution in [3.63, 3.8) is 0 Å². The summed E-state index contributed by atoms with van der Waals surface area (Å²) in [4.78, 5) is 13.7. The molecule has 0 aromatic rings. The van der Waals surface area contributed by atoms with Gasteiger partial charge in [-0.2, -0.15) is 0 Å². The highest BCUT2D eigenvalue weighted by Gasteiger charge is 2.20. The van der Waals surface area contributed by atoms with Crippen LogP contribution in [0.5, 0.6) is 0 Å². The smallest absolute Gasteiger partial charge is 0.137 e. The summed E-state index contributed by atoms with van der Waals surface area (Å²) < 4.78 is 5.21. The summed E-state index contributed by atoms with van der Waals surface area (Å²) in [5, 5.41) is 0. The van der Waals surface area contributed by atoms with E-state index >= 15 is 0 Å². The van der Waals surface area contributed by atoms with Crippen molar-refractivity contribution < 1.29 is 9.53 Å². The minimum Gasteiger partial charge on any atom is -0.381 e. The number of ketones is 1. The van der Waals surface area contributed by atoms with Crippen LogP contribution in [0.25, 0.3) is 0 Å². The molecule has 13 heavy (non-hydrogen) atoms. The zero-order valence-electron chi connectivity index (χ0n) is 8.58. The molecule has 3 heteroatoms. The fourth-order valence-electron chi connectivity index (χ4n) is 1.56. The van der Waals surface area contributed by atoms with Gasteiger partial charge in [0.15, 0.2) is 0 Å². The molecule has 1 saturated heterocycles. The molecule has 76 valence electrons. The Labute approximate surface area is 80.1 Å². The molecule has 0 amide bonds. The number of carbonyl (C=O) groups is 1. The van der Waals surface area contributed by atoms with Crippen LogP contribution < -0.4 is 0 Å². The van der Waals surface area contributed by atoms with Crippen LogP contribution in [0.15, 0.2) is 0 Å². The van der Waals surface area contributed by atoms with E-state index in [1.54, 1.807) is 0 Å². The van der Waals surface area contributed by atoms with Crippen molar-refractivity contribution in [2.75, 3.05) is 33.9 Å². The quantitative estimate of drug-likeness (QED) is 0.652. The average Bonchev–Trinajstić information content (AvgIpc) is 2.15. The molecule has 0 spiro atoms. The van der Waals surface area contributed by atoms with Gasteiger partial charge in [0.1, 0.15) is 5.78 Å². The Hall–Kier alpha value is -0.410. The van der Waals surface area contributed by atoms with E-state index in [0.717, 1.165) is 32.6 Å². The number of hydrogen-bond acceptors (Lipinski definition) is 3. The molecule has 1 aliphatic heterocycles. The van der Waals surface area contributed by atoms with E-state index in [9.17, 15) is 4.79 Å². The number of rotatable bonds is 4. The third-order valence-electron chi connectivity index (χ3n) is 2.48. The van der Waals surface area contributed by atoms with Crippen LogP contribution in [0.1, 0.15) is 19.3 Å². The van der Waals surface area contributed by atoms with E-state index in [1.165, 1.54) is 0 Å². The predicted molar refractivity (Wildman–Crippen MR) is 51.7 cm³/mol. The standard InChI is InChI=1S/C10H19NO2/c1-11(2)6-3-10(12)9-4-7-13-8-5-9/h9H,3-8H2,1-2H3. The molecule has 0 bridgehead atoms. The summed E-state index contributed by atoms with van der Waals surface area (Å²) in [6.45, 7) is 2.40. The van der Waals surface area contributed by atoms with Crippen LogP contribution >= 0.6 is 0 Å². The molecular formula is C10H19NO2. The molecule has 0 saturated carbocycles. The molecule has 1 heterocycles. The number of carbonyl (C=O) groups excluding carboxylic acids is 1. The van der Waals surface area contributed by atoms with Crippen molar-refractivity contribution in [1.82, 2.24) is 4.90 Å². The molecule has 0 unspecified atom stereocenters. The van der Waals surface area contributed by atoms with Crippen LogP contribution in [0, 0.1) is 5.92 Å². The lowest BCUT2D eigenvalue weighted by Gasteiger charge is -2.21. The third-order valence-corrected chi connectivity index (χ3v) is 2.48. The van der Waals surface area contributed by atoms with Gasteiger partial charge in [-0.1, -0.05) is 0 Å². The summed E-state index contributed by atoms with van der Waals surface area (Å²) in [7, 11) is 3.99. The van der Waals surface area contributed by atoms with E-state index in [4.69, 9.17) is 4.74 Å². The lowest BCUT2D eigenvalue weighted by molar-refractivity contribution is -0.125. The van der Waals surface area contributed by atoms with Gasteiger partial charge < -0.3 is 9.64 Å². The van der Waals surface area contributed by atoms with Gasteiger partial charge in [-0.05, 0) is 26.9 Å². The van der Waals surface area contributed by atoms with Gasteiger partial charge in [0.25, 0.3) is 0 Å². The zero-order chi connectivity index (χ0) is 9.68. The molecule has 0 aliphatic carbocycles. The molecule has 0 aromatic heterocycles. The number of Topliss-reactive ketones (excluding diaryl/α,β-unsaturated/α-hetero) is 1. The van der Waals surface area contributed by atoms with Crippen LogP contribution in [-0.4, -0.2) is 44.5 Å². The zero-order valence-corrected chi connectivity index (χ0v) is 8.58. The normalized spacial score (nSPS) is 19.3. The molecule has 0 aromatic carbocycles. The number of ether oxygens (including phenoxy) is 1. The average molecular weight is 185 g/mol. The van der Waals surface area contributed by atoms with E-state index < -0.39 is 0 Å². The van der Waals surface area contributed by atoms with Gasteiger partial charge in [0.2, 0.25) is 0 Å². The SMILES string of the molecule is CN(C)CCC(=O)C1CCOCC1. The molecule has 1 aliphatic rings. The fraction of sp³-hybridized carbons (Fsp3) is 0.900. The number of hydrogen-bond donors (Lipinski definition) is 0. The first-order valence-electron chi connectivity index (χ1n) is 4.95. The first-order valence-corrected chi connectivity index (χ1v) is 4.95. The lowest BCUT2D eigenvalue weighted by atomic mass is 9.93. The van der Waals surface area contributed by atoms with Crippen molar-refractivity contribution in [2.24, 2.45) is 5.92 Å². The van der Waals surface area contributed by atoms with Crippen molar-refractivity contribution in [3.8, 4) is 0 Å². The molecular weight excluding hydrogens is 166 g/mol. The van der Waals surface area contributed by atoms with E-state index in [-0.39, 0.29) is 5.92 Å². The Morgan fingerprint density at radius 2 is 2.00 bits per heavy atom. The van der Waals surface area contributed by atoms with Crippen LogP contribution in [0.4, 0.5) is 0 Å². The summed E-state index contributed by atoms with van der Waals surface area (Å²) in [5.41, 5.74) is 0. The molecule has 1 rings (SSSR count). The van der Waals surface area contributed by atoms with Crippen molar-refractivity contribution in [1.29, 1.82) is 0 Å². The Morgan fingerprint density at radius 1 is 1.38 bits per heavy atom. The summed E-state index contributed by atoms with van der Waals surface area (Å²) in [6.07, 6.45) is 2.54. The van der Waals surface area contributed by atoms with Crippen LogP contribution in [-0.2, 0) is 9.53 Å². The van der Waals surface area contributed by atoms with Gasteiger partial charge in [-0.3, -0.25) is 4.79 Å². The summed E-state index contributed by atoms with van der Waals surface area (Å²) in [6, 6.07) is 0. The maximum Gasteiger partial charge on any atom is 0.137 e. The van der Waals surface area contributed by atoms with E-state index in [0.29, 0.717) is 12.2 Å². The first kappa shape index (κ1) is 10.7. The highest BCUT2D eigenvalue weighted by Crippen LogP contribution is 2.16. The van der Waals surface area contributed by atoms with Gasteiger partial charge in [0, 0.05) is 32.1 Å². The highest BCUT2D eigenvalue weighted by atomic mass is 16.5. The van der Waals surface area contributed by atoms with Gasteiger partial charge in [0.05, 0.1) is 0 Å². The minimum absolute atomic E-state index is 0.272. The van der Waals surface area contributed by atoms with E-state index in [1.807, 2.05) is 14.1 Å². The first-order chi connectivity index (χ1) is 6.20. The second kappa shape index (κ2) is 5.35. The lowest BCUT2D eigenvalue weighted by Crippen LogP contribution is -2.26. The topological polar surface area (TPSA) is 29.5 Å². The molecule has 3 nitrogen and oxygen atoms in total. The van der Waals surface area contributed by atoms with Crippen molar-refractivity contribution in [3.05, 3.63) is 0 Å². The summed E-state index contributed by atoms with van der Waals surface area (Å²) >= 11 is 0. The number of nitrogens with zero attached hydrogens (tertiary/aromatic N) is 1. The third kappa shape index (κ3) is 3.87. The fourth-order valence-corrected chi connectivity index (χ4v) is 1.56. The molecule has 1 fully saturated rings.